The van der Waals surface area contributed by atoms with Gasteiger partial charge in [0.2, 0.25) is 0 Å². The van der Waals surface area contributed by atoms with Crippen LogP contribution in [0.25, 0.3) is 0 Å². The summed E-state index contributed by atoms with van der Waals surface area (Å²) in [5, 5.41) is 5.45. The van der Waals surface area contributed by atoms with Gasteiger partial charge in [-0.25, -0.2) is 0 Å². The van der Waals surface area contributed by atoms with Gasteiger partial charge in [-0.3, -0.25) is 14.4 Å². The molecule has 26 heavy (non-hydrogen) atoms. The van der Waals surface area contributed by atoms with Crippen molar-refractivity contribution in [3.8, 4) is 11.5 Å². The lowest BCUT2D eigenvalue weighted by atomic mass is 10.0. The van der Waals surface area contributed by atoms with E-state index in [4.69, 9.17) is 9.47 Å². The van der Waals surface area contributed by atoms with E-state index in [0.717, 1.165) is 5.56 Å². The van der Waals surface area contributed by atoms with Crippen molar-refractivity contribution in [1.29, 1.82) is 0 Å². The van der Waals surface area contributed by atoms with E-state index in [2.05, 4.69) is 10.6 Å². The van der Waals surface area contributed by atoms with Gasteiger partial charge < -0.3 is 20.1 Å². The van der Waals surface area contributed by atoms with Gasteiger partial charge in [0.15, 0.2) is 19.0 Å². The Labute approximate surface area is 149 Å². The van der Waals surface area contributed by atoms with Crippen LogP contribution in [0.15, 0.2) is 36.4 Å². The number of ketones is 1. The first-order valence-electron chi connectivity index (χ1n) is 8.24. The third kappa shape index (κ3) is 3.23. The molecular weight excluding hydrogens is 336 g/mol. The first-order valence-corrected chi connectivity index (χ1v) is 8.24. The van der Waals surface area contributed by atoms with Crippen molar-refractivity contribution in [3.05, 3.63) is 47.5 Å². The number of carbonyl (C=O) groups is 3. The average Bonchev–Trinajstić information content (AvgIpc) is 2.65. The molecule has 4 rings (SSSR count). The number of hydrogen-bond acceptors (Lipinski definition) is 5. The highest BCUT2D eigenvalue weighted by Crippen LogP contribution is 2.30. The number of carbonyl (C=O) groups excluding carboxylic acids is 3. The molecule has 0 radical (unpaired) electrons. The number of ether oxygens (including phenoxy) is 2. The van der Waals surface area contributed by atoms with Crippen molar-refractivity contribution >= 4 is 29.0 Å². The third-order valence-corrected chi connectivity index (χ3v) is 4.25. The summed E-state index contributed by atoms with van der Waals surface area (Å²) in [5.41, 5.74) is 2.59. The Kier molecular flexibility index (Phi) is 4.04. The summed E-state index contributed by atoms with van der Waals surface area (Å²) in [7, 11) is 0. The molecule has 2 aliphatic heterocycles. The number of benzene rings is 2. The van der Waals surface area contributed by atoms with Gasteiger partial charge in [-0.05, 0) is 42.3 Å². The molecule has 132 valence electrons. The summed E-state index contributed by atoms with van der Waals surface area (Å²) in [4.78, 5) is 35.3. The van der Waals surface area contributed by atoms with Crippen LogP contribution in [0.4, 0.5) is 11.4 Å². The quantitative estimate of drug-likeness (QED) is 0.823. The van der Waals surface area contributed by atoms with E-state index >= 15 is 0 Å². The first kappa shape index (κ1) is 16.1. The summed E-state index contributed by atoms with van der Waals surface area (Å²) >= 11 is 0. The van der Waals surface area contributed by atoms with Gasteiger partial charge in [-0.15, -0.1) is 0 Å². The number of fused-ring (bicyclic) bond motifs is 2. The van der Waals surface area contributed by atoms with Crippen LogP contribution in [0.5, 0.6) is 11.5 Å². The van der Waals surface area contributed by atoms with Crippen LogP contribution in [0.2, 0.25) is 0 Å². The minimum atomic E-state index is -0.236. The monoisotopic (exact) mass is 352 g/mol. The van der Waals surface area contributed by atoms with Gasteiger partial charge in [0.1, 0.15) is 11.5 Å². The second kappa shape index (κ2) is 6.51. The third-order valence-electron chi connectivity index (χ3n) is 4.25. The largest absolute Gasteiger partial charge is 0.482 e. The molecule has 0 spiro atoms. The maximum atomic E-state index is 12.5. The molecule has 0 saturated heterocycles. The van der Waals surface area contributed by atoms with Gasteiger partial charge in [0, 0.05) is 12.0 Å². The summed E-state index contributed by atoms with van der Waals surface area (Å²) in [6, 6.07) is 10.5. The Balaban J connectivity index is 1.44. The van der Waals surface area contributed by atoms with E-state index < -0.39 is 0 Å². The molecule has 2 aromatic carbocycles. The average molecular weight is 352 g/mol. The molecule has 0 saturated carbocycles. The van der Waals surface area contributed by atoms with E-state index in [0.29, 0.717) is 41.3 Å². The second-order valence-corrected chi connectivity index (χ2v) is 6.14. The van der Waals surface area contributed by atoms with Gasteiger partial charge in [0.25, 0.3) is 11.8 Å². The van der Waals surface area contributed by atoms with Gasteiger partial charge in [0.05, 0.1) is 11.4 Å². The zero-order chi connectivity index (χ0) is 18.1. The fourth-order valence-corrected chi connectivity index (χ4v) is 2.94. The maximum absolute atomic E-state index is 12.5. The van der Waals surface area contributed by atoms with Crippen LogP contribution in [-0.4, -0.2) is 30.8 Å². The highest BCUT2D eigenvalue weighted by molar-refractivity contribution is 6.01. The second-order valence-electron chi connectivity index (χ2n) is 6.14. The normalized spacial score (nSPS) is 14.9. The van der Waals surface area contributed by atoms with Crippen molar-refractivity contribution in [1.82, 2.24) is 0 Å². The SMILES string of the molecule is O=C1COc2ccc(CCC(=O)c3ccc4c(c3)NC(=O)CO4)cc2N1. The van der Waals surface area contributed by atoms with E-state index in [9.17, 15) is 14.4 Å². The topological polar surface area (TPSA) is 93.7 Å². The van der Waals surface area contributed by atoms with Gasteiger partial charge >= 0.3 is 0 Å². The highest BCUT2D eigenvalue weighted by atomic mass is 16.5. The molecule has 0 aromatic heterocycles. The zero-order valence-corrected chi connectivity index (χ0v) is 13.8. The minimum absolute atomic E-state index is 0.0150. The molecule has 0 fully saturated rings. The molecule has 7 heteroatoms. The number of nitrogens with one attached hydrogen (secondary N) is 2. The molecular formula is C19H16N2O5. The summed E-state index contributed by atoms with van der Waals surface area (Å²) in [5.74, 6) is 0.729. The summed E-state index contributed by atoms with van der Waals surface area (Å²) < 4.78 is 10.6. The first-order chi connectivity index (χ1) is 12.6. The molecule has 0 unspecified atom stereocenters. The molecule has 2 N–H and O–H groups in total. The smallest absolute Gasteiger partial charge is 0.262 e. The van der Waals surface area contributed by atoms with Crippen molar-refractivity contribution < 1.29 is 23.9 Å². The molecule has 0 atom stereocenters. The van der Waals surface area contributed by atoms with Gasteiger partial charge in [-0.1, -0.05) is 6.07 Å². The van der Waals surface area contributed by atoms with Gasteiger partial charge in [-0.2, -0.15) is 0 Å². The minimum Gasteiger partial charge on any atom is -0.482 e. The van der Waals surface area contributed by atoms with Crippen LogP contribution in [0.3, 0.4) is 0 Å². The summed E-state index contributed by atoms with van der Waals surface area (Å²) in [6.45, 7) is 0.00227. The highest BCUT2D eigenvalue weighted by Gasteiger charge is 2.19. The van der Waals surface area contributed by atoms with E-state index in [-0.39, 0.29) is 30.8 Å². The molecule has 7 nitrogen and oxygen atoms in total. The number of amides is 2. The Bertz CT molecular complexity index is 922. The van der Waals surface area contributed by atoms with Crippen LogP contribution in [0.1, 0.15) is 22.3 Å². The predicted octanol–water partition coefficient (Wildman–Crippen LogP) is 2.16. The fraction of sp³-hybridized carbons (Fsp3) is 0.211. The van der Waals surface area contributed by atoms with E-state index in [1.54, 1.807) is 24.3 Å². The van der Waals surface area contributed by atoms with E-state index in [1.807, 2.05) is 12.1 Å². The molecule has 0 aliphatic carbocycles. The fourth-order valence-electron chi connectivity index (χ4n) is 2.94. The number of anilines is 2. The predicted molar refractivity (Wildman–Crippen MR) is 93.8 cm³/mol. The molecule has 2 aromatic rings. The van der Waals surface area contributed by atoms with Crippen molar-refractivity contribution in [3.63, 3.8) is 0 Å². The Morgan fingerprint density at radius 2 is 1.50 bits per heavy atom. The van der Waals surface area contributed by atoms with Crippen molar-refractivity contribution in [2.75, 3.05) is 23.8 Å². The number of hydrogen-bond donors (Lipinski definition) is 2. The molecule has 0 bridgehead atoms. The van der Waals surface area contributed by atoms with E-state index in [1.165, 1.54) is 0 Å². The van der Waals surface area contributed by atoms with Crippen LogP contribution >= 0.6 is 0 Å². The van der Waals surface area contributed by atoms with Crippen LogP contribution in [-0.2, 0) is 16.0 Å². The lowest BCUT2D eigenvalue weighted by molar-refractivity contribution is -0.119. The number of rotatable bonds is 4. The van der Waals surface area contributed by atoms with Crippen LogP contribution in [0, 0.1) is 0 Å². The van der Waals surface area contributed by atoms with Crippen molar-refractivity contribution in [2.24, 2.45) is 0 Å². The van der Waals surface area contributed by atoms with Crippen molar-refractivity contribution in [2.45, 2.75) is 12.8 Å². The standard InChI is InChI=1S/C19H16N2O5/c22-15(12-3-6-17-14(8-12)21-19(24)10-26-17)4-1-11-2-5-16-13(7-11)20-18(23)9-25-16/h2-3,5-8H,1,4,9-10H2,(H,20,23)(H,21,24). The molecule has 2 aliphatic rings. The Hall–Kier alpha value is -3.35. The number of Topliss-reactive ketones (excluding diaryl/α,β-unsaturated/α-hetero) is 1. The maximum Gasteiger partial charge on any atom is 0.262 e. The Morgan fingerprint density at radius 1 is 0.885 bits per heavy atom. The van der Waals surface area contributed by atoms with Crippen LogP contribution < -0.4 is 20.1 Å². The lowest BCUT2D eigenvalue weighted by Gasteiger charge is -2.19. The Morgan fingerprint density at radius 3 is 2.19 bits per heavy atom. The summed E-state index contributed by atoms with van der Waals surface area (Å²) in [6.07, 6.45) is 0.836. The lowest BCUT2D eigenvalue weighted by Crippen LogP contribution is -2.25. The number of aryl methyl sites for hydroxylation is 1. The molecule has 2 amide bonds. The zero-order valence-electron chi connectivity index (χ0n) is 13.8. The molecule has 2 heterocycles.